The first-order valence-corrected chi connectivity index (χ1v) is 6.61. The Labute approximate surface area is 104 Å². The molecule has 2 rings (SSSR count). The largest absolute Gasteiger partial charge is 0.487 e. The van der Waals surface area contributed by atoms with Gasteiger partial charge in [-0.15, -0.1) is 0 Å². The molecule has 0 saturated carbocycles. The van der Waals surface area contributed by atoms with Gasteiger partial charge in [0.1, 0.15) is 11.4 Å². The van der Waals surface area contributed by atoms with Gasteiger partial charge in [-0.3, -0.25) is 0 Å². The normalized spacial score (nSPS) is 18.6. The van der Waals surface area contributed by atoms with Crippen molar-refractivity contribution in [2.24, 2.45) is 0 Å². The zero-order chi connectivity index (χ0) is 12.5. The Morgan fingerprint density at radius 1 is 1.35 bits per heavy atom. The molecule has 2 nitrogen and oxygen atoms in total. The molecule has 0 spiro atoms. The summed E-state index contributed by atoms with van der Waals surface area (Å²) in [5.41, 5.74) is 2.69. The molecule has 1 N–H and O–H groups in total. The molecule has 0 amide bonds. The number of benzene rings is 1. The Hall–Kier alpha value is -1.02. The van der Waals surface area contributed by atoms with E-state index in [0.29, 0.717) is 6.04 Å². The lowest BCUT2D eigenvalue weighted by molar-refractivity contribution is 0.138. The van der Waals surface area contributed by atoms with Crippen LogP contribution in [0.25, 0.3) is 0 Å². The highest BCUT2D eigenvalue weighted by Gasteiger charge is 2.30. The van der Waals surface area contributed by atoms with Gasteiger partial charge < -0.3 is 10.1 Å². The molecule has 2 heteroatoms. The molecule has 1 aromatic carbocycles. The van der Waals surface area contributed by atoms with Crippen molar-refractivity contribution in [2.45, 2.75) is 52.2 Å². The van der Waals surface area contributed by atoms with Crippen molar-refractivity contribution in [3.05, 3.63) is 29.3 Å². The van der Waals surface area contributed by atoms with E-state index in [-0.39, 0.29) is 5.60 Å². The molecule has 0 saturated heterocycles. The third kappa shape index (κ3) is 2.63. The lowest BCUT2D eigenvalue weighted by Crippen LogP contribution is -2.24. The van der Waals surface area contributed by atoms with E-state index in [2.05, 4.69) is 51.2 Å². The molecule has 94 valence electrons. The third-order valence-electron chi connectivity index (χ3n) is 3.35. The lowest BCUT2D eigenvalue weighted by atomic mass is 9.97. The van der Waals surface area contributed by atoms with E-state index in [1.807, 2.05) is 0 Å². The second-order valence-corrected chi connectivity index (χ2v) is 5.42. The zero-order valence-electron chi connectivity index (χ0n) is 11.3. The standard InChI is InChI=1S/C15H23NO/c1-5-13(16-6-2)11-7-8-14-12(9-11)10-15(3,4)17-14/h7-9,13,16H,5-6,10H2,1-4H3. The summed E-state index contributed by atoms with van der Waals surface area (Å²) < 4.78 is 5.90. The van der Waals surface area contributed by atoms with Crippen LogP contribution in [-0.4, -0.2) is 12.1 Å². The number of hydrogen-bond acceptors (Lipinski definition) is 2. The van der Waals surface area contributed by atoms with Gasteiger partial charge in [0.05, 0.1) is 0 Å². The smallest absolute Gasteiger partial charge is 0.123 e. The molecule has 0 aromatic heterocycles. The highest BCUT2D eigenvalue weighted by molar-refractivity contribution is 5.42. The van der Waals surface area contributed by atoms with E-state index in [1.165, 1.54) is 11.1 Å². The fraction of sp³-hybridized carbons (Fsp3) is 0.600. The second-order valence-electron chi connectivity index (χ2n) is 5.42. The third-order valence-corrected chi connectivity index (χ3v) is 3.35. The van der Waals surface area contributed by atoms with E-state index in [4.69, 9.17) is 4.74 Å². The van der Waals surface area contributed by atoms with Crippen molar-refractivity contribution in [1.82, 2.24) is 5.32 Å². The van der Waals surface area contributed by atoms with Crippen molar-refractivity contribution in [3.63, 3.8) is 0 Å². The monoisotopic (exact) mass is 233 g/mol. The van der Waals surface area contributed by atoms with Crippen LogP contribution in [-0.2, 0) is 6.42 Å². The minimum absolute atomic E-state index is 0.0408. The molecule has 1 atom stereocenters. The molecule has 1 aliphatic rings. The van der Waals surface area contributed by atoms with Gasteiger partial charge in [0, 0.05) is 12.5 Å². The summed E-state index contributed by atoms with van der Waals surface area (Å²) in [5.74, 6) is 1.06. The average molecular weight is 233 g/mol. The van der Waals surface area contributed by atoms with Crippen LogP contribution in [0.5, 0.6) is 5.75 Å². The molecule has 1 aliphatic heterocycles. The SMILES string of the molecule is CCNC(CC)c1ccc2c(c1)CC(C)(C)O2. The molecule has 0 bridgehead atoms. The van der Waals surface area contributed by atoms with Gasteiger partial charge in [-0.1, -0.05) is 26.0 Å². The number of rotatable bonds is 4. The predicted octanol–water partition coefficient (Wildman–Crippen LogP) is 3.46. The number of fused-ring (bicyclic) bond motifs is 1. The highest BCUT2D eigenvalue weighted by atomic mass is 16.5. The molecule has 0 fully saturated rings. The molecule has 0 aliphatic carbocycles. The maximum absolute atomic E-state index is 5.90. The van der Waals surface area contributed by atoms with Crippen molar-refractivity contribution in [2.75, 3.05) is 6.54 Å². The fourth-order valence-electron chi connectivity index (χ4n) is 2.59. The Morgan fingerprint density at radius 3 is 2.76 bits per heavy atom. The van der Waals surface area contributed by atoms with Crippen molar-refractivity contribution in [1.29, 1.82) is 0 Å². The summed E-state index contributed by atoms with van der Waals surface area (Å²) in [4.78, 5) is 0. The van der Waals surface area contributed by atoms with Gasteiger partial charge in [0.2, 0.25) is 0 Å². The van der Waals surface area contributed by atoms with Gasteiger partial charge in [0.25, 0.3) is 0 Å². The van der Waals surface area contributed by atoms with Crippen molar-refractivity contribution < 1.29 is 4.74 Å². The number of ether oxygens (including phenoxy) is 1. The van der Waals surface area contributed by atoms with Crippen LogP contribution >= 0.6 is 0 Å². The van der Waals surface area contributed by atoms with E-state index in [9.17, 15) is 0 Å². The topological polar surface area (TPSA) is 21.3 Å². The van der Waals surface area contributed by atoms with E-state index >= 15 is 0 Å². The Balaban J connectivity index is 2.23. The molecule has 0 radical (unpaired) electrons. The van der Waals surface area contributed by atoms with Gasteiger partial charge in [-0.2, -0.15) is 0 Å². The summed E-state index contributed by atoms with van der Waals surface area (Å²) in [6, 6.07) is 7.09. The average Bonchev–Trinajstić information content (AvgIpc) is 2.58. The minimum atomic E-state index is -0.0408. The van der Waals surface area contributed by atoms with Crippen LogP contribution in [0, 0.1) is 0 Å². The number of hydrogen-bond donors (Lipinski definition) is 1. The Morgan fingerprint density at radius 2 is 2.12 bits per heavy atom. The van der Waals surface area contributed by atoms with E-state index in [0.717, 1.165) is 25.1 Å². The maximum Gasteiger partial charge on any atom is 0.123 e. The highest BCUT2D eigenvalue weighted by Crippen LogP contribution is 2.36. The van der Waals surface area contributed by atoms with Gasteiger partial charge in [-0.25, -0.2) is 0 Å². The van der Waals surface area contributed by atoms with Crippen molar-refractivity contribution >= 4 is 0 Å². The number of nitrogens with one attached hydrogen (secondary N) is 1. The van der Waals surface area contributed by atoms with Gasteiger partial charge >= 0.3 is 0 Å². The minimum Gasteiger partial charge on any atom is -0.487 e. The quantitative estimate of drug-likeness (QED) is 0.860. The first kappa shape index (κ1) is 12.4. The summed E-state index contributed by atoms with van der Waals surface area (Å²) in [5, 5.41) is 3.52. The van der Waals surface area contributed by atoms with Crippen LogP contribution < -0.4 is 10.1 Å². The van der Waals surface area contributed by atoms with Crippen LogP contribution in [0.3, 0.4) is 0 Å². The Kier molecular flexibility index (Phi) is 3.43. The van der Waals surface area contributed by atoms with Crippen LogP contribution in [0.2, 0.25) is 0 Å². The molecular formula is C15H23NO. The van der Waals surface area contributed by atoms with Gasteiger partial charge in [0.15, 0.2) is 0 Å². The summed E-state index contributed by atoms with van der Waals surface area (Å²) >= 11 is 0. The van der Waals surface area contributed by atoms with E-state index < -0.39 is 0 Å². The summed E-state index contributed by atoms with van der Waals surface area (Å²) in [6.45, 7) is 9.68. The van der Waals surface area contributed by atoms with Crippen LogP contribution in [0.4, 0.5) is 0 Å². The van der Waals surface area contributed by atoms with Crippen molar-refractivity contribution in [3.8, 4) is 5.75 Å². The first-order chi connectivity index (χ1) is 8.05. The Bertz CT molecular complexity index is 398. The van der Waals surface area contributed by atoms with E-state index in [1.54, 1.807) is 0 Å². The predicted molar refractivity (Wildman–Crippen MR) is 71.6 cm³/mol. The fourth-order valence-corrected chi connectivity index (χ4v) is 2.59. The van der Waals surface area contributed by atoms with Gasteiger partial charge in [-0.05, 0) is 44.0 Å². The molecule has 1 aromatic rings. The molecule has 17 heavy (non-hydrogen) atoms. The lowest BCUT2D eigenvalue weighted by Gasteiger charge is -2.17. The summed E-state index contributed by atoms with van der Waals surface area (Å²) in [7, 11) is 0. The molecule has 1 unspecified atom stereocenters. The molecule has 1 heterocycles. The first-order valence-electron chi connectivity index (χ1n) is 6.61. The van der Waals surface area contributed by atoms with Crippen LogP contribution in [0.15, 0.2) is 18.2 Å². The van der Waals surface area contributed by atoms with Crippen LogP contribution in [0.1, 0.15) is 51.3 Å². The summed E-state index contributed by atoms with van der Waals surface area (Å²) in [6.07, 6.45) is 2.13. The maximum atomic E-state index is 5.90. The second kappa shape index (κ2) is 4.69. The zero-order valence-corrected chi connectivity index (χ0v) is 11.3. The molecular weight excluding hydrogens is 210 g/mol.